The Morgan fingerprint density at radius 3 is 2.80 bits per heavy atom. The number of amides is 1. The average Bonchev–Trinajstić information content (AvgIpc) is 2.85. The summed E-state index contributed by atoms with van der Waals surface area (Å²) in [6, 6.07) is 14.9. The van der Waals surface area contributed by atoms with Gasteiger partial charge in [0.05, 0.1) is 17.2 Å². The zero-order valence-corrected chi connectivity index (χ0v) is 15.5. The van der Waals surface area contributed by atoms with Crippen molar-refractivity contribution in [3.8, 4) is 5.75 Å². The van der Waals surface area contributed by atoms with Gasteiger partial charge >= 0.3 is 0 Å². The predicted octanol–water partition coefficient (Wildman–Crippen LogP) is 4.97. The van der Waals surface area contributed by atoms with Crippen LogP contribution in [-0.4, -0.2) is 29.6 Å². The Morgan fingerprint density at radius 2 is 2.04 bits per heavy atom. The summed E-state index contributed by atoms with van der Waals surface area (Å²) in [5.41, 5.74) is 1.59. The summed E-state index contributed by atoms with van der Waals surface area (Å²) < 4.78 is 5.62. The molecule has 0 aromatic heterocycles. The fourth-order valence-electron chi connectivity index (χ4n) is 2.34. The number of carbonyl (C=O) groups is 1. The predicted molar refractivity (Wildman–Crippen MR) is 104 cm³/mol. The Morgan fingerprint density at radius 1 is 1.24 bits per heavy atom. The molecule has 128 valence electrons. The lowest BCUT2D eigenvalue weighted by molar-refractivity contribution is -0.121. The summed E-state index contributed by atoms with van der Waals surface area (Å²) in [5.74, 6) is 0.672. The molecule has 1 fully saturated rings. The monoisotopic (exact) mass is 372 g/mol. The number of aliphatic imine (C=N–C) groups is 1. The quantitative estimate of drug-likeness (QED) is 0.711. The van der Waals surface area contributed by atoms with Crippen LogP contribution in [0.1, 0.15) is 12.5 Å². The van der Waals surface area contributed by atoms with E-state index in [1.54, 1.807) is 24.1 Å². The molecule has 0 N–H and O–H groups in total. The van der Waals surface area contributed by atoms with Crippen LogP contribution < -0.4 is 4.74 Å². The summed E-state index contributed by atoms with van der Waals surface area (Å²) >= 11 is 7.33. The van der Waals surface area contributed by atoms with Crippen molar-refractivity contribution >= 4 is 46.2 Å². The summed E-state index contributed by atoms with van der Waals surface area (Å²) in [5, 5.41) is 1.23. The van der Waals surface area contributed by atoms with Gasteiger partial charge in [-0.15, -0.1) is 0 Å². The standard InChI is InChI=1S/C19H17ClN2O2S/c1-3-24-16-10-5-4-7-13(16)11-17-18(23)22(2)19(25-17)21-15-9-6-8-14(20)12-15/h4-12H,3H2,1-2H3/b17-11+,21-19?. The third-order valence-corrected chi connectivity index (χ3v) is 4.84. The van der Waals surface area contributed by atoms with Gasteiger partial charge in [-0.1, -0.05) is 35.9 Å². The number of hydrogen-bond acceptors (Lipinski definition) is 4. The van der Waals surface area contributed by atoms with Crippen LogP contribution in [0.4, 0.5) is 5.69 Å². The van der Waals surface area contributed by atoms with E-state index in [2.05, 4.69) is 4.99 Å². The molecule has 6 heteroatoms. The van der Waals surface area contributed by atoms with Gasteiger partial charge in [0, 0.05) is 17.6 Å². The number of carbonyl (C=O) groups excluding carboxylic acids is 1. The average molecular weight is 373 g/mol. The molecule has 1 saturated heterocycles. The topological polar surface area (TPSA) is 41.9 Å². The van der Waals surface area contributed by atoms with Crippen LogP contribution in [0.2, 0.25) is 5.02 Å². The second-order valence-corrected chi connectivity index (χ2v) is 6.77. The molecule has 0 atom stereocenters. The number of hydrogen-bond donors (Lipinski definition) is 0. The zero-order chi connectivity index (χ0) is 17.8. The minimum Gasteiger partial charge on any atom is -0.493 e. The number of halogens is 1. The van der Waals surface area contributed by atoms with Crippen molar-refractivity contribution in [3.63, 3.8) is 0 Å². The molecule has 0 spiro atoms. The highest BCUT2D eigenvalue weighted by molar-refractivity contribution is 8.18. The van der Waals surface area contributed by atoms with Crippen LogP contribution >= 0.6 is 23.4 Å². The molecule has 0 radical (unpaired) electrons. The number of nitrogens with zero attached hydrogens (tertiary/aromatic N) is 2. The molecular formula is C19H17ClN2O2S. The second-order valence-electron chi connectivity index (χ2n) is 5.32. The van der Waals surface area contributed by atoms with Gasteiger partial charge in [0.2, 0.25) is 0 Å². The van der Waals surface area contributed by atoms with Gasteiger partial charge in [0.15, 0.2) is 5.17 Å². The fourth-order valence-corrected chi connectivity index (χ4v) is 3.50. The molecular weight excluding hydrogens is 356 g/mol. The van der Waals surface area contributed by atoms with Gasteiger partial charge in [-0.25, -0.2) is 4.99 Å². The molecule has 1 heterocycles. The van der Waals surface area contributed by atoms with Gasteiger partial charge in [-0.2, -0.15) is 0 Å². The number of benzene rings is 2. The van der Waals surface area contributed by atoms with Gasteiger partial charge in [-0.05, 0) is 49.0 Å². The smallest absolute Gasteiger partial charge is 0.266 e. The van der Waals surface area contributed by atoms with Crippen LogP contribution in [-0.2, 0) is 4.79 Å². The van der Waals surface area contributed by atoms with Crippen LogP contribution in [0.15, 0.2) is 58.4 Å². The Balaban J connectivity index is 1.91. The first-order valence-corrected chi connectivity index (χ1v) is 9.01. The highest BCUT2D eigenvalue weighted by Crippen LogP contribution is 2.34. The maximum absolute atomic E-state index is 12.5. The van der Waals surface area contributed by atoms with Crippen molar-refractivity contribution in [3.05, 3.63) is 64.0 Å². The van der Waals surface area contributed by atoms with Gasteiger partial charge in [-0.3, -0.25) is 9.69 Å². The first-order chi connectivity index (χ1) is 12.1. The third kappa shape index (κ3) is 4.06. The molecule has 2 aromatic rings. The lowest BCUT2D eigenvalue weighted by Crippen LogP contribution is -2.23. The van der Waals surface area contributed by atoms with Crippen LogP contribution in [0.25, 0.3) is 6.08 Å². The van der Waals surface area contributed by atoms with E-state index in [1.807, 2.05) is 49.4 Å². The molecule has 0 unspecified atom stereocenters. The van der Waals surface area contributed by atoms with Crippen LogP contribution in [0, 0.1) is 0 Å². The lowest BCUT2D eigenvalue weighted by atomic mass is 10.2. The van der Waals surface area contributed by atoms with Crippen molar-refractivity contribution < 1.29 is 9.53 Å². The first kappa shape index (κ1) is 17.6. The molecule has 0 saturated carbocycles. The SMILES string of the molecule is CCOc1ccccc1/C=C1/SC(=Nc2cccc(Cl)c2)N(C)C1=O. The molecule has 0 bridgehead atoms. The molecule has 1 aliphatic heterocycles. The van der Waals surface area contributed by atoms with Crippen molar-refractivity contribution in [2.75, 3.05) is 13.7 Å². The number of likely N-dealkylation sites (N-methyl/N-ethyl adjacent to an activating group) is 1. The third-order valence-electron chi connectivity index (χ3n) is 3.54. The molecule has 1 aliphatic rings. The Labute approximate surface area is 156 Å². The van der Waals surface area contributed by atoms with Gasteiger partial charge in [0.1, 0.15) is 5.75 Å². The number of para-hydroxylation sites is 1. The van der Waals surface area contributed by atoms with E-state index in [0.29, 0.717) is 27.4 Å². The second kappa shape index (κ2) is 7.76. The van der Waals surface area contributed by atoms with Crippen molar-refractivity contribution in [1.82, 2.24) is 4.90 Å². The van der Waals surface area contributed by atoms with E-state index >= 15 is 0 Å². The number of thioether (sulfide) groups is 1. The van der Waals surface area contributed by atoms with Crippen molar-refractivity contribution in [1.29, 1.82) is 0 Å². The Hall–Kier alpha value is -2.24. The molecule has 0 aliphatic carbocycles. The van der Waals surface area contributed by atoms with Crippen molar-refractivity contribution in [2.24, 2.45) is 4.99 Å². The van der Waals surface area contributed by atoms with Crippen molar-refractivity contribution in [2.45, 2.75) is 6.92 Å². The Kier molecular flexibility index (Phi) is 5.46. The van der Waals surface area contributed by atoms with Gasteiger partial charge < -0.3 is 4.74 Å². The zero-order valence-electron chi connectivity index (χ0n) is 13.9. The maximum atomic E-state index is 12.5. The fraction of sp³-hybridized carbons (Fsp3) is 0.158. The first-order valence-electron chi connectivity index (χ1n) is 7.82. The Bertz CT molecular complexity index is 864. The highest BCUT2D eigenvalue weighted by atomic mass is 35.5. The van der Waals surface area contributed by atoms with E-state index in [4.69, 9.17) is 16.3 Å². The molecule has 3 rings (SSSR count). The van der Waals surface area contributed by atoms with E-state index in [-0.39, 0.29) is 5.91 Å². The molecule has 2 aromatic carbocycles. The van der Waals surface area contributed by atoms with E-state index in [9.17, 15) is 4.79 Å². The number of amidine groups is 1. The van der Waals surface area contributed by atoms with Crippen LogP contribution in [0.5, 0.6) is 5.75 Å². The van der Waals surface area contributed by atoms with E-state index in [0.717, 1.165) is 11.3 Å². The largest absolute Gasteiger partial charge is 0.493 e. The maximum Gasteiger partial charge on any atom is 0.266 e. The lowest BCUT2D eigenvalue weighted by Gasteiger charge is -2.07. The summed E-state index contributed by atoms with van der Waals surface area (Å²) in [6.45, 7) is 2.51. The molecule has 1 amide bonds. The van der Waals surface area contributed by atoms with E-state index in [1.165, 1.54) is 11.8 Å². The number of ether oxygens (including phenoxy) is 1. The highest BCUT2D eigenvalue weighted by Gasteiger charge is 2.30. The normalized spacial score (nSPS) is 17.6. The molecule has 4 nitrogen and oxygen atoms in total. The number of rotatable bonds is 4. The van der Waals surface area contributed by atoms with Gasteiger partial charge in [0.25, 0.3) is 5.91 Å². The minimum atomic E-state index is -0.0860. The summed E-state index contributed by atoms with van der Waals surface area (Å²) in [6.07, 6.45) is 1.84. The molecule has 25 heavy (non-hydrogen) atoms. The summed E-state index contributed by atoms with van der Waals surface area (Å²) in [4.78, 5) is 19.2. The minimum absolute atomic E-state index is 0.0860. The van der Waals surface area contributed by atoms with E-state index < -0.39 is 0 Å². The summed E-state index contributed by atoms with van der Waals surface area (Å²) in [7, 11) is 1.72. The van der Waals surface area contributed by atoms with Crippen LogP contribution in [0.3, 0.4) is 0 Å².